The Labute approximate surface area is 129 Å². The van der Waals surface area contributed by atoms with E-state index in [1.807, 2.05) is 0 Å². The Balaban J connectivity index is 2.28. The summed E-state index contributed by atoms with van der Waals surface area (Å²) in [7, 11) is 0. The topological polar surface area (TPSA) is 106 Å². The molecule has 0 saturated carbocycles. The highest BCUT2D eigenvalue weighted by atomic mass is 32.1. The van der Waals surface area contributed by atoms with Gasteiger partial charge in [-0.05, 0) is 37.4 Å². The number of hydrogen-bond donors (Lipinski definition) is 1. The van der Waals surface area contributed by atoms with Crippen LogP contribution < -0.4 is 5.56 Å². The molecule has 0 unspecified atom stereocenters. The number of hydrogen-bond acceptors (Lipinski definition) is 6. The Hall–Kier alpha value is -2.94. The van der Waals surface area contributed by atoms with E-state index < -0.39 is 10.5 Å². The van der Waals surface area contributed by atoms with Gasteiger partial charge in [0.2, 0.25) is 4.77 Å². The van der Waals surface area contributed by atoms with Gasteiger partial charge in [0, 0.05) is 12.3 Å². The van der Waals surface area contributed by atoms with Crippen molar-refractivity contribution in [3.8, 4) is 0 Å². The molecule has 0 radical (unpaired) electrons. The first-order valence-corrected chi connectivity index (χ1v) is 6.54. The van der Waals surface area contributed by atoms with Gasteiger partial charge in [-0.1, -0.05) is 12.1 Å². The Morgan fingerprint density at radius 1 is 1.45 bits per heavy atom. The summed E-state index contributed by atoms with van der Waals surface area (Å²) in [6.45, 7) is 1.53. The number of nitro benzene ring substituents is 1. The van der Waals surface area contributed by atoms with Crippen molar-refractivity contribution < 1.29 is 4.92 Å². The normalized spacial score (nSPS) is 11.3. The lowest BCUT2D eigenvalue weighted by atomic mass is 10.2. The lowest BCUT2D eigenvalue weighted by Gasteiger charge is -1.97. The number of aromatic amines is 1. The summed E-state index contributed by atoms with van der Waals surface area (Å²) in [6.07, 6.45) is 4.33. The van der Waals surface area contributed by atoms with Gasteiger partial charge in [-0.2, -0.15) is 14.9 Å². The molecule has 1 aromatic carbocycles. The van der Waals surface area contributed by atoms with E-state index in [4.69, 9.17) is 12.2 Å². The molecule has 0 aliphatic carbocycles. The minimum atomic E-state index is -0.468. The summed E-state index contributed by atoms with van der Waals surface area (Å²) in [5.74, 6) is 0. The minimum absolute atomic E-state index is 0.0126. The van der Waals surface area contributed by atoms with E-state index in [0.717, 1.165) is 4.68 Å². The van der Waals surface area contributed by atoms with Crippen LogP contribution in [0.15, 0.2) is 40.2 Å². The third-order valence-electron chi connectivity index (χ3n) is 2.69. The highest BCUT2D eigenvalue weighted by Crippen LogP contribution is 2.18. The van der Waals surface area contributed by atoms with Crippen LogP contribution in [-0.2, 0) is 0 Å². The SMILES string of the molecule is Cc1n[nH]c(=S)n(/N=C\C=C\c2ccccc2[N+](=O)[O-])c1=O. The van der Waals surface area contributed by atoms with Gasteiger partial charge in [-0.15, -0.1) is 0 Å². The second-order valence-electron chi connectivity index (χ2n) is 4.17. The quantitative estimate of drug-likeness (QED) is 0.402. The number of aromatic nitrogens is 3. The summed E-state index contributed by atoms with van der Waals surface area (Å²) in [6, 6.07) is 6.29. The molecule has 9 heteroatoms. The van der Waals surface area contributed by atoms with E-state index in [2.05, 4.69) is 15.3 Å². The van der Waals surface area contributed by atoms with Crippen molar-refractivity contribution >= 4 is 30.2 Å². The van der Waals surface area contributed by atoms with Crippen LogP contribution in [0, 0.1) is 21.8 Å². The Morgan fingerprint density at radius 3 is 2.91 bits per heavy atom. The molecule has 0 aliphatic rings. The van der Waals surface area contributed by atoms with Crippen LogP contribution in [0.1, 0.15) is 11.3 Å². The number of nitrogens with one attached hydrogen (secondary N) is 1. The molecular weight excluding hydrogens is 306 g/mol. The van der Waals surface area contributed by atoms with Crippen LogP contribution in [0.2, 0.25) is 0 Å². The molecule has 0 saturated heterocycles. The Morgan fingerprint density at radius 2 is 2.18 bits per heavy atom. The van der Waals surface area contributed by atoms with Crippen LogP contribution in [0.25, 0.3) is 6.08 Å². The van der Waals surface area contributed by atoms with Crippen LogP contribution in [0.3, 0.4) is 0 Å². The molecule has 22 heavy (non-hydrogen) atoms. The monoisotopic (exact) mass is 317 g/mol. The number of rotatable bonds is 4. The Kier molecular flexibility index (Phi) is 4.69. The zero-order valence-corrected chi connectivity index (χ0v) is 12.3. The molecule has 2 rings (SSSR count). The zero-order chi connectivity index (χ0) is 16.1. The second-order valence-corrected chi connectivity index (χ2v) is 4.56. The maximum absolute atomic E-state index is 11.8. The van der Waals surface area contributed by atoms with Gasteiger partial charge >= 0.3 is 0 Å². The second kappa shape index (κ2) is 6.68. The predicted octanol–water partition coefficient (Wildman–Crippen LogP) is 2.06. The number of para-hydroxylation sites is 1. The molecule has 0 amide bonds. The lowest BCUT2D eigenvalue weighted by Crippen LogP contribution is -2.22. The van der Waals surface area contributed by atoms with Gasteiger partial charge in [-0.25, -0.2) is 0 Å². The minimum Gasteiger partial charge on any atom is -0.265 e. The molecule has 1 aromatic heterocycles. The maximum atomic E-state index is 11.8. The molecule has 8 nitrogen and oxygen atoms in total. The van der Waals surface area contributed by atoms with Crippen molar-refractivity contribution in [1.29, 1.82) is 0 Å². The summed E-state index contributed by atoms with van der Waals surface area (Å²) < 4.78 is 1.05. The molecule has 112 valence electrons. The van der Waals surface area contributed by atoms with E-state index in [0.29, 0.717) is 5.56 Å². The van der Waals surface area contributed by atoms with E-state index >= 15 is 0 Å². The Bertz CT molecular complexity index is 882. The fourth-order valence-corrected chi connectivity index (χ4v) is 1.80. The van der Waals surface area contributed by atoms with Gasteiger partial charge in [-0.3, -0.25) is 20.0 Å². The highest BCUT2D eigenvalue weighted by molar-refractivity contribution is 7.71. The van der Waals surface area contributed by atoms with Gasteiger partial charge in [0.05, 0.1) is 10.5 Å². The maximum Gasteiger partial charge on any atom is 0.296 e. The first-order valence-electron chi connectivity index (χ1n) is 6.13. The first kappa shape index (κ1) is 15.4. The standard InChI is InChI=1S/C13H11N5O3S/c1-9-12(19)17(13(22)16-15-9)14-8-4-6-10-5-2-3-7-11(10)18(20)21/h2-8H,1H3,(H,16,22)/b6-4+,14-8-. The molecule has 1 N–H and O–H groups in total. The first-order chi connectivity index (χ1) is 10.5. The fourth-order valence-electron chi connectivity index (χ4n) is 1.62. The molecule has 0 fully saturated rings. The fraction of sp³-hybridized carbons (Fsp3) is 0.0769. The van der Waals surface area contributed by atoms with Gasteiger partial charge in [0.15, 0.2) is 0 Å². The molecule has 1 heterocycles. The molecule has 2 aromatic rings. The third kappa shape index (κ3) is 3.38. The summed E-state index contributed by atoms with van der Waals surface area (Å²) >= 11 is 4.91. The van der Waals surface area contributed by atoms with Crippen LogP contribution in [0.5, 0.6) is 0 Å². The van der Waals surface area contributed by atoms with Crippen molar-refractivity contribution in [2.75, 3.05) is 0 Å². The van der Waals surface area contributed by atoms with Gasteiger partial charge < -0.3 is 0 Å². The van der Waals surface area contributed by atoms with Crippen LogP contribution in [-0.4, -0.2) is 26.0 Å². The van der Waals surface area contributed by atoms with Crippen molar-refractivity contribution in [1.82, 2.24) is 14.9 Å². The van der Waals surface area contributed by atoms with Crippen molar-refractivity contribution in [3.63, 3.8) is 0 Å². The van der Waals surface area contributed by atoms with Crippen molar-refractivity contribution in [2.45, 2.75) is 6.92 Å². The van der Waals surface area contributed by atoms with Gasteiger partial charge in [0.1, 0.15) is 5.69 Å². The van der Waals surface area contributed by atoms with Crippen molar-refractivity contribution in [3.05, 3.63) is 66.8 Å². The highest BCUT2D eigenvalue weighted by Gasteiger charge is 2.08. The number of allylic oxidation sites excluding steroid dienone is 1. The molecular formula is C13H11N5O3S. The van der Waals surface area contributed by atoms with Crippen molar-refractivity contribution in [2.24, 2.45) is 5.10 Å². The number of benzene rings is 1. The number of nitro groups is 1. The molecule has 0 aliphatic heterocycles. The zero-order valence-electron chi connectivity index (χ0n) is 11.5. The lowest BCUT2D eigenvalue weighted by molar-refractivity contribution is -0.385. The van der Waals surface area contributed by atoms with Crippen LogP contribution >= 0.6 is 12.2 Å². The van der Waals surface area contributed by atoms with E-state index in [-0.39, 0.29) is 16.2 Å². The van der Waals surface area contributed by atoms with E-state index in [1.54, 1.807) is 18.2 Å². The average molecular weight is 317 g/mol. The van der Waals surface area contributed by atoms with E-state index in [9.17, 15) is 14.9 Å². The molecule has 0 spiro atoms. The summed E-state index contributed by atoms with van der Waals surface area (Å²) in [4.78, 5) is 22.2. The number of nitrogens with zero attached hydrogens (tertiary/aromatic N) is 4. The number of aryl methyl sites for hydroxylation is 1. The van der Waals surface area contributed by atoms with Crippen LogP contribution in [0.4, 0.5) is 5.69 Å². The van der Waals surface area contributed by atoms with Gasteiger partial charge in [0.25, 0.3) is 11.2 Å². The molecule has 0 atom stereocenters. The van der Waals surface area contributed by atoms with E-state index in [1.165, 1.54) is 31.4 Å². The third-order valence-corrected chi connectivity index (χ3v) is 2.96. The average Bonchev–Trinajstić information content (AvgIpc) is 2.50. The summed E-state index contributed by atoms with van der Waals surface area (Å²) in [5.41, 5.74) is 0.219. The smallest absolute Gasteiger partial charge is 0.265 e. The molecule has 0 bridgehead atoms. The predicted molar refractivity (Wildman–Crippen MR) is 84.4 cm³/mol. The summed E-state index contributed by atoms with van der Waals surface area (Å²) in [5, 5.41) is 21.0. The number of H-pyrrole nitrogens is 1. The largest absolute Gasteiger partial charge is 0.296 e.